The molecule has 2 aromatic rings. The Bertz CT molecular complexity index is 668. The highest BCUT2D eigenvalue weighted by atomic mass is 16.3. The number of benzene rings is 2. The molecule has 0 atom stereocenters. The second-order valence-corrected chi connectivity index (χ2v) is 5.43. The number of hydrogen-bond donors (Lipinski definition) is 2. The van der Waals surface area contributed by atoms with Gasteiger partial charge < -0.3 is 15.5 Å². The van der Waals surface area contributed by atoms with Gasteiger partial charge in [-0.15, -0.1) is 4.91 Å². The van der Waals surface area contributed by atoms with Gasteiger partial charge in [-0.2, -0.15) is 0 Å². The summed E-state index contributed by atoms with van der Waals surface area (Å²) in [7, 11) is 3.45. The van der Waals surface area contributed by atoms with E-state index in [1.54, 1.807) is 7.05 Å². The highest BCUT2D eigenvalue weighted by Gasteiger charge is 2.08. The van der Waals surface area contributed by atoms with E-state index in [9.17, 15) is 4.91 Å². The van der Waals surface area contributed by atoms with E-state index in [0.29, 0.717) is 0 Å². The van der Waals surface area contributed by atoms with E-state index in [1.165, 1.54) is 10.7 Å². The molecule has 0 aliphatic heterocycles. The summed E-state index contributed by atoms with van der Waals surface area (Å²) in [5, 5.41) is 10.7. The average Bonchev–Trinajstić information content (AvgIpc) is 2.63. The van der Waals surface area contributed by atoms with E-state index < -0.39 is 0 Å². The highest BCUT2D eigenvalue weighted by Crippen LogP contribution is 2.30. The van der Waals surface area contributed by atoms with Gasteiger partial charge in [0.05, 0.1) is 16.7 Å². The summed E-state index contributed by atoms with van der Waals surface area (Å²) in [6.07, 6.45) is 0. The van der Waals surface area contributed by atoms with Crippen LogP contribution >= 0.6 is 0 Å². The summed E-state index contributed by atoms with van der Waals surface area (Å²) >= 11 is 0. The molecule has 0 aromatic heterocycles. The van der Waals surface area contributed by atoms with Crippen LogP contribution in [0.2, 0.25) is 0 Å². The normalized spacial score (nSPS) is 10.2. The van der Waals surface area contributed by atoms with Crippen LogP contribution in [-0.2, 0) is 0 Å². The number of hydrogen-bond acceptors (Lipinski definition) is 5. The van der Waals surface area contributed by atoms with Crippen molar-refractivity contribution in [2.75, 3.05) is 47.7 Å². The van der Waals surface area contributed by atoms with Crippen molar-refractivity contribution in [2.45, 2.75) is 13.8 Å². The Kier molecular flexibility index (Phi) is 6.01. The van der Waals surface area contributed by atoms with Crippen LogP contribution in [0.1, 0.15) is 13.8 Å². The van der Waals surface area contributed by atoms with Gasteiger partial charge in [0.15, 0.2) is 0 Å². The number of nitrogens with zero attached hydrogens (tertiary/aromatic N) is 3. The van der Waals surface area contributed by atoms with Gasteiger partial charge in [0, 0.05) is 44.2 Å². The number of anilines is 5. The number of rotatable bonds is 8. The Morgan fingerprint density at radius 1 is 1.00 bits per heavy atom. The molecule has 0 aliphatic rings. The minimum Gasteiger partial charge on any atom is -0.386 e. The first kappa shape index (κ1) is 17.6. The number of nitrogens with one attached hydrogen (secondary N) is 2. The first-order chi connectivity index (χ1) is 11.6. The molecule has 0 aliphatic carbocycles. The van der Waals surface area contributed by atoms with Crippen molar-refractivity contribution in [3.05, 3.63) is 47.4 Å². The smallest absolute Gasteiger partial charge is 0.0855 e. The molecule has 24 heavy (non-hydrogen) atoms. The van der Waals surface area contributed by atoms with Gasteiger partial charge in [0.1, 0.15) is 0 Å². The van der Waals surface area contributed by atoms with Crippen LogP contribution in [0.4, 0.5) is 28.4 Å². The van der Waals surface area contributed by atoms with Crippen molar-refractivity contribution in [3.8, 4) is 0 Å². The second kappa shape index (κ2) is 8.19. The summed E-state index contributed by atoms with van der Waals surface area (Å²) in [4.78, 5) is 13.0. The third kappa shape index (κ3) is 3.95. The molecule has 6 heteroatoms. The van der Waals surface area contributed by atoms with Crippen LogP contribution in [0.15, 0.2) is 47.8 Å². The van der Waals surface area contributed by atoms with Crippen molar-refractivity contribution in [1.29, 1.82) is 0 Å². The summed E-state index contributed by atoms with van der Waals surface area (Å²) in [5.74, 6) is 0. The van der Waals surface area contributed by atoms with Crippen LogP contribution in [-0.4, -0.2) is 27.2 Å². The van der Waals surface area contributed by atoms with Gasteiger partial charge in [-0.1, -0.05) is 0 Å². The lowest BCUT2D eigenvalue weighted by molar-refractivity contribution is 0.866. The Morgan fingerprint density at radius 3 is 2.17 bits per heavy atom. The molecule has 0 saturated carbocycles. The van der Waals surface area contributed by atoms with E-state index >= 15 is 0 Å². The summed E-state index contributed by atoms with van der Waals surface area (Å²) < 4.78 is 0. The van der Waals surface area contributed by atoms with Gasteiger partial charge in [0.2, 0.25) is 0 Å². The summed E-state index contributed by atoms with van der Waals surface area (Å²) in [6, 6.07) is 14.1. The molecular formula is C18H25N5O. The second-order valence-electron chi connectivity index (χ2n) is 5.43. The maximum Gasteiger partial charge on any atom is 0.0855 e. The molecule has 0 spiro atoms. The molecule has 2 N–H and O–H groups in total. The Hall–Kier alpha value is -2.76. The maximum absolute atomic E-state index is 10.7. The maximum atomic E-state index is 10.7. The predicted octanol–water partition coefficient (Wildman–Crippen LogP) is 4.44. The van der Waals surface area contributed by atoms with E-state index in [4.69, 9.17) is 0 Å². The monoisotopic (exact) mass is 327 g/mol. The zero-order chi connectivity index (χ0) is 17.5. The fraction of sp³-hybridized carbons (Fsp3) is 0.333. The van der Waals surface area contributed by atoms with Gasteiger partial charge in [0.25, 0.3) is 0 Å². The third-order valence-electron chi connectivity index (χ3n) is 4.02. The van der Waals surface area contributed by atoms with Gasteiger partial charge >= 0.3 is 0 Å². The molecule has 128 valence electrons. The van der Waals surface area contributed by atoms with Crippen LogP contribution in [0.3, 0.4) is 0 Å². The Balaban J connectivity index is 2.17. The molecule has 6 nitrogen and oxygen atoms in total. The minimum atomic E-state index is 0.731. The molecule has 0 amide bonds. The lowest BCUT2D eigenvalue weighted by Crippen LogP contribution is -2.21. The highest BCUT2D eigenvalue weighted by molar-refractivity contribution is 5.76. The van der Waals surface area contributed by atoms with Crippen molar-refractivity contribution in [3.63, 3.8) is 0 Å². The zero-order valence-electron chi connectivity index (χ0n) is 14.7. The SMILES string of the molecule is CCN(CC)c1ccc(Nc2ccc(N(C)N=O)c(NC)c2)cc1. The molecule has 0 unspecified atom stereocenters. The lowest BCUT2D eigenvalue weighted by Gasteiger charge is -2.21. The quantitative estimate of drug-likeness (QED) is 0.554. The van der Waals surface area contributed by atoms with Crippen LogP contribution < -0.4 is 20.5 Å². The third-order valence-corrected chi connectivity index (χ3v) is 4.02. The van der Waals surface area contributed by atoms with Gasteiger partial charge in [-0.25, -0.2) is 5.01 Å². The average molecular weight is 327 g/mol. The Labute approximate surface area is 143 Å². The molecule has 0 heterocycles. The molecule has 0 fully saturated rings. The van der Waals surface area contributed by atoms with Gasteiger partial charge in [-0.3, -0.25) is 0 Å². The molecule has 0 bridgehead atoms. The van der Waals surface area contributed by atoms with Crippen molar-refractivity contribution >= 4 is 28.4 Å². The fourth-order valence-corrected chi connectivity index (χ4v) is 2.65. The van der Waals surface area contributed by atoms with Crippen LogP contribution in [0, 0.1) is 4.91 Å². The lowest BCUT2D eigenvalue weighted by atomic mass is 10.2. The van der Waals surface area contributed by atoms with Gasteiger partial charge in [-0.05, 0) is 56.3 Å². The van der Waals surface area contributed by atoms with Crippen molar-refractivity contribution in [2.24, 2.45) is 5.29 Å². The minimum absolute atomic E-state index is 0.731. The topological polar surface area (TPSA) is 60.0 Å². The molecule has 0 saturated heterocycles. The number of nitroso groups, excluding NO2 is 1. The summed E-state index contributed by atoms with van der Waals surface area (Å²) in [5.41, 5.74) is 4.74. The standard InChI is InChI=1S/C18H25N5O/c1-5-23(6-2)16-10-7-14(8-11-16)20-15-9-12-18(22(4)21-24)17(13-15)19-3/h7-13,19-20H,5-6H2,1-4H3. The predicted molar refractivity (Wildman–Crippen MR) is 103 cm³/mol. The summed E-state index contributed by atoms with van der Waals surface area (Å²) in [6.45, 7) is 6.30. The van der Waals surface area contributed by atoms with E-state index in [2.05, 4.69) is 58.9 Å². The van der Waals surface area contributed by atoms with Crippen LogP contribution in [0.25, 0.3) is 0 Å². The van der Waals surface area contributed by atoms with E-state index in [1.807, 2.05) is 25.2 Å². The molecule has 0 radical (unpaired) electrons. The first-order valence-corrected chi connectivity index (χ1v) is 8.13. The van der Waals surface area contributed by atoms with E-state index in [-0.39, 0.29) is 0 Å². The molecular weight excluding hydrogens is 302 g/mol. The largest absolute Gasteiger partial charge is 0.386 e. The van der Waals surface area contributed by atoms with E-state index in [0.717, 1.165) is 35.8 Å². The van der Waals surface area contributed by atoms with Crippen LogP contribution in [0.5, 0.6) is 0 Å². The molecule has 2 aromatic carbocycles. The fourth-order valence-electron chi connectivity index (χ4n) is 2.65. The zero-order valence-corrected chi connectivity index (χ0v) is 14.7. The van der Waals surface area contributed by atoms with Crippen molar-refractivity contribution < 1.29 is 0 Å². The Morgan fingerprint density at radius 2 is 1.62 bits per heavy atom. The molecule has 2 rings (SSSR count). The first-order valence-electron chi connectivity index (χ1n) is 8.13. The van der Waals surface area contributed by atoms with Crippen molar-refractivity contribution in [1.82, 2.24) is 0 Å².